The summed E-state index contributed by atoms with van der Waals surface area (Å²) in [5, 5.41) is 10.3. The van der Waals surface area contributed by atoms with Crippen molar-refractivity contribution in [2.75, 3.05) is 34.4 Å². The average Bonchev–Trinajstić information content (AvgIpc) is 2.63. The van der Waals surface area contributed by atoms with E-state index in [4.69, 9.17) is 21.2 Å². The van der Waals surface area contributed by atoms with Crippen molar-refractivity contribution in [1.29, 1.82) is 0 Å². The number of benzene rings is 1. The topological polar surface area (TPSA) is 95.9 Å². The molecule has 3 N–H and O–H groups in total. The number of nitrogens with two attached hydrogens (primary N) is 1. The molecule has 9 heteroatoms. The van der Waals surface area contributed by atoms with Gasteiger partial charge in [-0.2, -0.15) is 5.48 Å². The van der Waals surface area contributed by atoms with Crippen LogP contribution in [0.1, 0.15) is 29.6 Å². The molecule has 0 atom stereocenters. The highest BCUT2D eigenvalue weighted by Gasteiger charge is 2.32. The maximum atomic E-state index is 12.9. The molecule has 0 spiro atoms. The Labute approximate surface area is 151 Å². The predicted octanol–water partition coefficient (Wildman–Crippen LogP) is 1.49. The highest BCUT2D eigenvalue weighted by Crippen LogP contribution is 2.39. The fourth-order valence-electron chi connectivity index (χ4n) is 2.79. The zero-order valence-corrected chi connectivity index (χ0v) is 15.3. The van der Waals surface area contributed by atoms with E-state index in [1.807, 2.05) is 0 Å². The van der Waals surface area contributed by atoms with Gasteiger partial charge in [-0.15, -0.1) is 0 Å². The molecule has 1 aliphatic heterocycles. The maximum absolute atomic E-state index is 12.9. The number of imide groups is 1. The molecule has 3 amide bonds. The largest absolute Gasteiger partial charge is 0.500 e. The Balaban J connectivity index is 2.37. The molecule has 0 aliphatic carbocycles. The molecule has 0 bridgehead atoms. The first-order valence-electron chi connectivity index (χ1n) is 7.94. The summed E-state index contributed by atoms with van der Waals surface area (Å²) >= 11 is 6.21. The number of phenolic OH excluding ortho intramolecular Hbond substituents is 1. The third-order valence-corrected chi connectivity index (χ3v) is 4.44. The van der Waals surface area contributed by atoms with Gasteiger partial charge in [-0.3, -0.25) is 9.69 Å². The summed E-state index contributed by atoms with van der Waals surface area (Å²) in [6.07, 6.45) is 2.91. The summed E-state index contributed by atoms with van der Waals surface area (Å²) < 4.78 is 5.04. The second-order valence-corrected chi connectivity index (χ2v) is 6.15. The highest BCUT2D eigenvalue weighted by molar-refractivity contribution is 6.35. The van der Waals surface area contributed by atoms with Crippen molar-refractivity contribution >= 4 is 29.2 Å². The van der Waals surface area contributed by atoms with E-state index >= 15 is 0 Å². The van der Waals surface area contributed by atoms with Gasteiger partial charge in [0.15, 0.2) is 5.75 Å². The highest BCUT2D eigenvalue weighted by atomic mass is 35.5. The minimum Gasteiger partial charge on any atom is -0.500 e. The molecular weight excluding hydrogens is 350 g/mol. The molecule has 0 aromatic heterocycles. The van der Waals surface area contributed by atoms with Crippen LogP contribution in [0.25, 0.3) is 0 Å². The van der Waals surface area contributed by atoms with Crippen LogP contribution >= 0.6 is 11.6 Å². The smallest absolute Gasteiger partial charge is 0.326 e. The molecule has 138 valence electrons. The second kappa shape index (κ2) is 8.37. The normalized spacial score (nSPS) is 14.3. The van der Waals surface area contributed by atoms with Crippen LogP contribution in [0.4, 0.5) is 10.5 Å². The summed E-state index contributed by atoms with van der Waals surface area (Å²) in [5.74, 6) is -0.799. The number of hydrogen-bond acceptors (Lipinski definition) is 5. The number of quaternary nitrogens is 1. The molecule has 1 aromatic carbocycles. The van der Waals surface area contributed by atoms with Crippen LogP contribution in [-0.4, -0.2) is 61.2 Å². The first-order chi connectivity index (χ1) is 11.9. The summed E-state index contributed by atoms with van der Waals surface area (Å²) in [6.45, 7) is 1.24. The summed E-state index contributed by atoms with van der Waals surface area (Å²) in [5.41, 5.74) is 1.24. The molecule has 1 aromatic rings. The number of carbonyl (C=O) groups is 2. The number of urea groups is 1. The van der Waals surface area contributed by atoms with Gasteiger partial charge in [0.2, 0.25) is 11.4 Å². The number of methoxy groups -OCH3 is 1. The monoisotopic (exact) mass is 372 g/mol. The van der Waals surface area contributed by atoms with E-state index in [1.54, 1.807) is 4.90 Å². The van der Waals surface area contributed by atoms with Gasteiger partial charge in [0.05, 0.1) is 19.2 Å². The molecule has 0 unspecified atom stereocenters. The lowest BCUT2D eigenvalue weighted by Gasteiger charge is -2.30. The minimum atomic E-state index is -0.623. The number of amides is 3. The minimum absolute atomic E-state index is 0.0188. The summed E-state index contributed by atoms with van der Waals surface area (Å²) in [7, 11) is 4.15. The number of likely N-dealkylation sites (tertiary alicyclic amines) is 1. The molecule has 1 heterocycles. The molecular formula is C16H23ClN3O5+. The number of ether oxygens (including phenoxy) is 1. The van der Waals surface area contributed by atoms with E-state index in [9.17, 15) is 14.7 Å². The lowest BCUT2D eigenvalue weighted by Crippen LogP contribution is -2.76. The summed E-state index contributed by atoms with van der Waals surface area (Å²) in [4.78, 5) is 33.0. The van der Waals surface area contributed by atoms with Crippen LogP contribution in [-0.2, 0) is 4.84 Å². The van der Waals surface area contributed by atoms with Crippen molar-refractivity contribution in [2.24, 2.45) is 0 Å². The van der Waals surface area contributed by atoms with Crippen molar-refractivity contribution in [3.05, 3.63) is 16.7 Å². The van der Waals surface area contributed by atoms with Crippen molar-refractivity contribution in [1.82, 2.24) is 9.80 Å². The van der Waals surface area contributed by atoms with E-state index in [0.717, 1.165) is 24.2 Å². The van der Waals surface area contributed by atoms with Crippen LogP contribution < -0.4 is 10.2 Å². The number of rotatable bonds is 4. The standard InChI is InChI=1S/C16H22ClN3O5/c1-19(16(23)20-7-5-4-6-8-20)15(22)12-10(17)9-11(24-2)14(21)13(12)18-25-3/h9,18,21H,4-8H2,1-3H3/p+1. The Morgan fingerprint density at radius 3 is 2.48 bits per heavy atom. The van der Waals surface area contributed by atoms with Gasteiger partial charge in [-0.05, 0) is 19.3 Å². The number of aromatic hydroxyl groups is 1. The quantitative estimate of drug-likeness (QED) is 0.474. The Bertz CT molecular complexity index is 662. The van der Waals surface area contributed by atoms with E-state index in [-0.39, 0.29) is 33.8 Å². The molecule has 1 saturated heterocycles. The van der Waals surface area contributed by atoms with Gasteiger partial charge < -0.3 is 14.7 Å². The first kappa shape index (κ1) is 19.3. The van der Waals surface area contributed by atoms with Gasteiger partial charge in [0, 0.05) is 26.2 Å². The SMILES string of the molecule is CO[NH2+]c1c(O)c(OC)cc(Cl)c1C(=O)N(C)C(=O)N1CCCCC1. The lowest BCUT2D eigenvalue weighted by atomic mass is 10.1. The third kappa shape index (κ3) is 3.97. The van der Waals surface area contributed by atoms with Crippen LogP contribution in [0.5, 0.6) is 11.5 Å². The Morgan fingerprint density at radius 1 is 1.28 bits per heavy atom. The Morgan fingerprint density at radius 2 is 1.92 bits per heavy atom. The van der Waals surface area contributed by atoms with Gasteiger partial charge in [-0.25, -0.2) is 9.63 Å². The van der Waals surface area contributed by atoms with Gasteiger partial charge in [0.25, 0.3) is 5.91 Å². The number of carbonyl (C=O) groups excluding carboxylic acids is 2. The number of nitrogens with zero attached hydrogens (tertiary/aromatic N) is 2. The molecule has 1 fully saturated rings. The lowest BCUT2D eigenvalue weighted by molar-refractivity contribution is -0.830. The van der Waals surface area contributed by atoms with Crippen molar-refractivity contribution in [2.45, 2.75) is 19.3 Å². The second-order valence-electron chi connectivity index (χ2n) is 5.75. The van der Waals surface area contributed by atoms with Crippen LogP contribution in [0, 0.1) is 0 Å². The van der Waals surface area contributed by atoms with E-state index in [0.29, 0.717) is 13.1 Å². The molecule has 0 saturated carbocycles. The van der Waals surface area contributed by atoms with Crippen molar-refractivity contribution in [3.8, 4) is 11.5 Å². The van der Waals surface area contributed by atoms with Gasteiger partial charge >= 0.3 is 6.03 Å². The Kier molecular flexibility index (Phi) is 6.46. The molecule has 8 nitrogen and oxygen atoms in total. The Hall–Kier alpha value is -2.03. The molecule has 0 radical (unpaired) electrons. The van der Waals surface area contributed by atoms with Crippen molar-refractivity contribution in [3.63, 3.8) is 0 Å². The van der Waals surface area contributed by atoms with E-state index < -0.39 is 5.91 Å². The van der Waals surface area contributed by atoms with Crippen LogP contribution in [0.15, 0.2) is 6.07 Å². The van der Waals surface area contributed by atoms with Gasteiger partial charge in [0.1, 0.15) is 5.56 Å². The molecule has 2 rings (SSSR count). The van der Waals surface area contributed by atoms with Crippen molar-refractivity contribution < 1.29 is 29.8 Å². The fraction of sp³-hybridized carbons (Fsp3) is 0.500. The fourth-order valence-corrected chi connectivity index (χ4v) is 3.07. The number of phenols is 1. The third-order valence-electron chi connectivity index (χ3n) is 4.14. The average molecular weight is 373 g/mol. The number of halogens is 1. The van der Waals surface area contributed by atoms with Crippen LogP contribution in [0.2, 0.25) is 5.02 Å². The van der Waals surface area contributed by atoms with E-state index in [2.05, 4.69) is 0 Å². The zero-order chi connectivity index (χ0) is 18.6. The van der Waals surface area contributed by atoms with Crippen LogP contribution in [0.3, 0.4) is 0 Å². The van der Waals surface area contributed by atoms with Gasteiger partial charge in [-0.1, -0.05) is 11.6 Å². The maximum Gasteiger partial charge on any atom is 0.326 e. The van der Waals surface area contributed by atoms with E-state index in [1.165, 1.54) is 32.8 Å². The predicted molar refractivity (Wildman–Crippen MR) is 91.2 cm³/mol. The molecule has 25 heavy (non-hydrogen) atoms. The summed E-state index contributed by atoms with van der Waals surface area (Å²) in [6, 6.07) is 0.940. The first-order valence-corrected chi connectivity index (χ1v) is 8.32. The number of piperidine rings is 1. The molecule has 1 aliphatic rings. The number of hydrogen-bond donors (Lipinski definition) is 2. The zero-order valence-electron chi connectivity index (χ0n) is 14.5.